The molecule has 0 unspecified atom stereocenters. The number of nitrogens with one attached hydrogen (secondary N) is 1. The molecule has 0 saturated heterocycles. The Morgan fingerprint density at radius 3 is 2.79 bits per heavy atom. The summed E-state index contributed by atoms with van der Waals surface area (Å²) in [5.74, 6) is 0.796. The third kappa shape index (κ3) is 2.44. The van der Waals surface area contributed by atoms with Crippen LogP contribution >= 0.6 is 0 Å². The molecule has 1 aliphatic heterocycles. The molecule has 0 radical (unpaired) electrons. The second-order valence-corrected chi connectivity index (χ2v) is 4.70. The van der Waals surface area contributed by atoms with E-state index in [2.05, 4.69) is 51.4 Å². The molecule has 0 bridgehead atoms. The third-order valence-electron chi connectivity index (χ3n) is 3.40. The fourth-order valence-electron chi connectivity index (χ4n) is 2.39. The summed E-state index contributed by atoms with van der Waals surface area (Å²) in [4.78, 5) is 11.2. The highest BCUT2D eigenvalue weighted by atomic mass is 15.3. The van der Waals surface area contributed by atoms with Gasteiger partial charge in [0.1, 0.15) is 0 Å². The number of hydrogen-bond acceptors (Lipinski definition) is 4. The summed E-state index contributed by atoms with van der Waals surface area (Å²) in [5, 5.41) is 3.28. The lowest BCUT2D eigenvalue weighted by Gasteiger charge is -2.17. The molecule has 0 saturated carbocycles. The first-order chi connectivity index (χ1) is 9.38. The van der Waals surface area contributed by atoms with Crippen LogP contribution in [0, 0.1) is 0 Å². The van der Waals surface area contributed by atoms with Crippen LogP contribution in [0.25, 0.3) is 0 Å². The average Bonchev–Trinajstić information content (AvgIpc) is 2.90. The number of fused-ring (bicyclic) bond motifs is 1. The predicted molar refractivity (Wildman–Crippen MR) is 76.6 cm³/mol. The van der Waals surface area contributed by atoms with Crippen molar-refractivity contribution in [2.45, 2.75) is 19.9 Å². The van der Waals surface area contributed by atoms with Crippen molar-refractivity contribution in [1.82, 2.24) is 15.3 Å². The number of anilines is 2. The van der Waals surface area contributed by atoms with Crippen molar-refractivity contribution < 1.29 is 0 Å². The van der Waals surface area contributed by atoms with Crippen molar-refractivity contribution in [1.29, 1.82) is 0 Å². The van der Waals surface area contributed by atoms with Gasteiger partial charge in [-0.15, -0.1) is 0 Å². The van der Waals surface area contributed by atoms with E-state index in [0.29, 0.717) is 0 Å². The third-order valence-corrected chi connectivity index (χ3v) is 3.40. The van der Waals surface area contributed by atoms with Crippen molar-refractivity contribution >= 4 is 11.6 Å². The molecule has 0 fully saturated rings. The highest BCUT2D eigenvalue weighted by Crippen LogP contribution is 2.31. The molecule has 4 nitrogen and oxygen atoms in total. The summed E-state index contributed by atoms with van der Waals surface area (Å²) in [5.41, 5.74) is 3.74. The molecule has 1 aliphatic rings. The number of hydrogen-bond donors (Lipinski definition) is 1. The standard InChI is InChI=1S/C15H18N4/c1-2-16-9-12-10-17-15(18-11-12)19-8-7-13-5-3-4-6-14(13)19/h3-6,10-11,16H,2,7-9H2,1H3. The van der Waals surface area contributed by atoms with Crippen molar-refractivity contribution in [3.8, 4) is 0 Å². The van der Waals surface area contributed by atoms with Crippen molar-refractivity contribution in [2.24, 2.45) is 0 Å². The minimum atomic E-state index is 0.796. The van der Waals surface area contributed by atoms with Crippen LogP contribution in [0.4, 0.5) is 11.6 Å². The SMILES string of the molecule is CCNCc1cnc(N2CCc3ccccc32)nc1. The van der Waals surface area contributed by atoms with Gasteiger partial charge in [0, 0.05) is 36.7 Å². The normalized spacial score (nSPS) is 13.6. The fourth-order valence-corrected chi connectivity index (χ4v) is 2.39. The number of benzene rings is 1. The van der Waals surface area contributed by atoms with Crippen LogP contribution in [-0.4, -0.2) is 23.1 Å². The van der Waals surface area contributed by atoms with Gasteiger partial charge in [-0.1, -0.05) is 25.1 Å². The van der Waals surface area contributed by atoms with E-state index in [-0.39, 0.29) is 0 Å². The molecule has 0 aliphatic carbocycles. The Morgan fingerprint density at radius 2 is 2.00 bits per heavy atom. The summed E-state index contributed by atoms with van der Waals surface area (Å²) in [6.45, 7) is 4.84. The predicted octanol–water partition coefficient (Wildman–Crippen LogP) is 2.28. The number of para-hydroxylation sites is 1. The van der Waals surface area contributed by atoms with Crippen LogP contribution in [-0.2, 0) is 13.0 Å². The summed E-state index contributed by atoms with van der Waals surface area (Å²) in [7, 11) is 0. The molecule has 0 spiro atoms. The second-order valence-electron chi connectivity index (χ2n) is 4.70. The van der Waals surface area contributed by atoms with Gasteiger partial charge < -0.3 is 10.2 Å². The van der Waals surface area contributed by atoms with E-state index in [0.717, 1.165) is 37.6 Å². The highest BCUT2D eigenvalue weighted by Gasteiger charge is 2.21. The summed E-state index contributed by atoms with van der Waals surface area (Å²) in [6.07, 6.45) is 4.89. The summed E-state index contributed by atoms with van der Waals surface area (Å²) in [6, 6.07) is 8.46. The van der Waals surface area contributed by atoms with Crippen LogP contribution in [0.2, 0.25) is 0 Å². The molecule has 19 heavy (non-hydrogen) atoms. The van der Waals surface area contributed by atoms with Gasteiger partial charge in [-0.25, -0.2) is 9.97 Å². The molecule has 98 valence electrons. The molecule has 0 amide bonds. The Balaban J connectivity index is 1.80. The number of nitrogens with zero attached hydrogens (tertiary/aromatic N) is 3. The van der Waals surface area contributed by atoms with E-state index in [9.17, 15) is 0 Å². The zero-order valence-corrected chi connectivity index (χ0v) is 11.1. The lowest BCUT2D eigenvalue weighted by molar-refractivity contribution is 0.720. The first-order valence-corrected chi connectivity index (χ1v) is 6.75. The Morgan fingerprint density at radius 1 is 1.21 bits per heavy atom. The first-order valence-electron chi connectivity index (χ1n) is 6.75. The molecule has 3 rings (SSSR count). The largest absolute Gasteiger partial charge is 0.313 e. The first kappa shape index (κ1) is 12.1. The molecule has 0 atom stereocenters. The Kier molecular flexibility index (Phi) is 3.42. The van der Waals surface area contributed by atoms with Crippen LogP contribution < -0.4 is 10.2 Å². The zero-order chi connectivity index (χ0) is 13.1. The monoisotopic (exact) mass is 254 g/mol. The van der Waals surface area contributed by atoms with Crippen molar-refractivity contribution in [3.63, 3.8) is 0 Å². The van der Waals surface area contributed by atoms with E-state index in [1.165, 1.54) is 11.3 Å². The van der Waals surface area contributed by atoms with Crippen LogP contribution in [0.5, 0.6) is 0 Å². The van der Waals surface area contributed by atoms with E-state index in [1.807, 2.05) is 12.4 Å². The summed E-state index contributed by atoms with van der Waals surface area (Å²) < 4.78 is 0. The minimum absolute atomic E-state index is 0.796. The van der Waals surface area contributed by atoms with Crippen molar-refractivity contribution in [2.75, 3.05) is 18.0 Å². The van der Waals surface area contributed by atoms with E-state index >= 15 is 0 Å². The molecular weight excluding hydrogens is 236 g/mol. The maximum absolute atomic E-state index is 4.49. The van der Waals surface area contributed by atoms with Gasteiger partial charge in [-0.2, -0.15) is 0 Å². The Bertz CT molecular complexity index is 550. The van der Waals surface area contributed by atoms with E-state index in [4.69, 9.17) is 0 Å². The van der Waals surface area contributed by atoms with Crippen LogP contribution in [0.1, 0.15) is 18.1 Å². The molecule has 4 heteroatoms. The van der Waals surface area contributed by atoms with Gasteiger partial charge in [0.2, 0.25) is 5.95 Å². The van der Waals surface area contributed by atoms with E-state index < -0.39 is 0 Å². The van der Waals surface area contributed by atoms with Gasteiger partial charge in [0.15, 0.2) is 0 Å². The van der Waals surface area contributed by atoms with Gasteiger partial charge in [0.05, 0.1) is 0 Å². The molecule has 2 aromatic rings. The summed E-state index contributed by atoms with van der Waals surface area (Å²) >= 11 is 0. The zero-order valence-electron chi connectivity index (χ0n) is 11.1. The minimum Gasteiger partial charge on any atom is -0.313 e. The molecule has 2 heterocycles. The van der Waals surface area contributed by atoms with Crippen molar-refractivity contribution in [3.05, 3.63) is 47.8 Å². The smallest absolute Gasteiger partial charge is 0.229 e. The average molecular weight is 254 g/mol. The Hall–Kier alpha value is -1.94. The second kappa shape index (κ2) is 5.36. The number of rotatable bonds is 4. The van der Waals surface area contributed by atoms with Crippen LogP contribution in [0.15, 0.2) is 36.7 Å². The van der Waals surface area contributed by atoms with E-state index in [1.54, 1.807) is 0 Å². The van der Waals surface area contributed by atoms with Gasteiger partial charge in [-0.3, -0.25) is 0 Å². The fraction of sp³-hybridized carbons (Fsp3) is 0.333. The lowest BCUT2D eigenvalue weighted by Crippen LogP contribution is -2.17. The Labute approximate surface area is 113 Å². The number of aromatic nitrogens is 2. The highest BCUT2D eigenvalue weighted by molar-refractivity contribution is 5.65. The van der Waals surface area contributed by atoms with Crippen LogP contribution in [0.3, 0.4) is 0 Å². The maximum atomic E-state index is 4.49. The van der Waals surface area contributed by atoms with Gasteiger partial charge in [0.25, 0.3) is 0 Å². The van der Waals surface area contributed by atoms with Gasteiger partial charge in [-0.05, 0) is 24.6 Å². The molecular formula is C15H18N4. The molecule has 1 N–H and O–H groups in total. The topological polar surface area (TPSA) is 41.1 Å². The molecule has 1 aromatic carbocycles. The quantitative estimate of drug-likeness (QED) is 0.909. The molecule has 1 aromatic heterocycles. The lowest BCUT2D eigenvalue weighted by atomic mass is 10.2. The van der Waals surface area contributed by atoms with Gasteiger partial charge >= 0.3 is 0 Å². The maximum Gasteiger partial charge on any atom is 0.229 e.